The van der Waals surface area contributed by atoms with Gasteiger partial charge in [-0.05, 0) is 49.4 Å². The second kappa shape index (κ2) is 9.93. The van der Waals surface area contributed by atoms with Crippen molar-refractivity contribution in [3.8, 4) is 6.07 Å². The predicted octanol–water partition coefficient (Wildman–Crippen LogP) is 2.68. The number of benzene rings is 2. The molecule has 11 heteroatoms. The Morgan fingerprint density at radius 1 is 1.21 bits per heavy atom. The van der Waals surface area contributed by atoms with Crippen LogP contribution in [0.5, 0.6) is 0 Å². The van der Waals surface area contributed by atoms with Crippen molar-refractivity contribution < 1.29 is 17.9 Å². The Balaban J connectivity index is 1.50. The quantitative estimate of drug-likeness (QED) is 0.511. The third kappa shape index (κ3) is 5.04. The molecule has 0 bridgehead atoms. The Morgan fingerprint density at radius 3 is 2.61 bits per heavy atom. The van der Waals surface area contributed by atoms with Crippen LogP contribution >= 0.6 is 11.8 Å². The molecule has 9 nitrogen and oxygen atoms in total. The lowest BCUT2D eigenvalue weighted by Gasteiger charge is -2.26. The molecule has 1 aromatic heterocycles. The maximum Gasteiger partial charge on any atom is 0.243 e. The van der Waals surface area contributed by atoms with Gasteiger partial charge in [-0.2, -0.15) is 9.57 Å². The molecule has 172 valence electrons. The van der Waals surface area contributed by atoms with E-state index in [1.165, 1.54) is 16.1 Å². The minimum absolute atomic E-state index is 0.141. The number of imidazole rings is 1. The Bertz CT molecular complexity index is 1310. The van der Waals surface area contributed by atoms with Gasteiger partial charge in [-0.1, -0.05) is 11.8 Å². The van der Waals surface area contributed by atoms with E-state index in [0.717, 1.165) is 5.52 Å². The number of ether oxygens (including phenoxy) is 1. The van der Waals surface area contributed by atoms with Crippen molar-refractivity contribution in [2.75, 3.05) is 37.4 Å². The molecule has 3 aromatic rings. The maximum atomic E-state index is 13.0. The van der Waals surface area contributed by atoms with Gasteiger partial charge >= 0.3 is 0 Å². The van der Waals surface area contributed by atoms with E-state index >= 15 is 0 Å². The predicted molar refractivity (Wildman–Crippen MR) is 125 cm³/mol. The second-order valence-electron chi connectivity index (χ2n) is 7.33. The van der Waals surface area contributed by atoms with Gasteiger partial charge in [-0.15, -0.1) is 0 Å². The summed E-state index contributed by atoms with van der Waals surface area (Å²) in [6.45, 7) is 4.04. The summed E-state index contributed by atoms with van der Waals surface area (Å²) in [5.74, 6) is -0.0579. The highest BCUT2D eigenvalue weighted by Gasteiger charge is 2.27. The van der Waals surface area contributed by atoms with Crippen LogP contribution in [0.1, 0.15) is 12.5 Å². The van der Waals surface area contributed by atoms with Crippen LogP contribution in [-0.2, 0) is 26.1 Å². The molecule has 1 amide bonds. The van der Waals surface area contributed by atoms with Crippen LogP contribution in [0.2, 0.25) is 0 Å². The van der Waals surface area contributed by atoms with Crippen LogP contribution in [0.3, 0.4) is 0 Å². The van der Waals surface area contributed by atoms with Gasteiger partial charge < -0.3 is 14.6 Å². The zero-order valence-electron chi connectivity index (χ0n) is 18.0. The molecule has 0 radical (unpaired) electrons. The normalized spacial score (nSPS) is 14.8. The molecule has 1 aliphatic rings. The van der Waals surface area contributed by atoms with Crippen LogP contribution in [0.4, 0.5) is 5.69 Å². The Hall–Kier alpha value is -2.91. The summed E-state index contributed by atoms with van der Waals surface area (Å²) in [4.78, 5) is 17.2. The van der Waals surface area contributed by atoms with E-state index in [1.54, 1.807) is 42.5 Å². The van der Waals surface area contributed by atoms with Crippen molar-refractivity contribution in [1.82, 2.24) is 13.9 Å². The lowest BCUT2D eigenvalue weighted by Crippen LogP contribution is -2.40. The van der Waals surface area contributed by atoms with Crippen LogP contribution < -0.4 is 5.32 Å². The molecule has 1 aliphatic heterocycles. The number of rotatable bonds is 7. The molecule has 33 heavy (non-hydrogen) atoms. The van der Waals surface area contributed by atoms with E-state index in [0.29, 0.717) is 54.8 Å². The monoisotopic (exact) mass is 485 g/mol. The van der Waals surface area contributed by atoms with Crippen molar-refractivity contribution >= 4 is 44.4 Å². The van der Waals surface area contributed by atoms with Crippen LogP contribution in [0.15, 0.2) is 52.5 Å². The number of thioether (sulfide) groups is 1. The van der Waals surface area contributed by atoms with E-state index in [-0.39, 0.29) is 16.6 Å². The molecule has 0 aliphatic carbocycles. The first kappa shape index (κ1) is 23.3. The Labute approximate surface area is 196 Å². The SMILES string of the molecule is CCn1c(SCC(=O)Nc2ccc(C#N)cc2)nc2cc(S(=O)(=O)N3CCOCC3)ccc21. The molecule has 2 heterocycles. The molecule has 4 rings (SSSR count). The van der Waals surface area contributed by atoms with E-state index in [4.69, 9.17) is 10.00 Å². The van der Waals surface area contributed by atoms with Crippen molar-refractivity contribution in [3.05, 3.63) is 48.0 Å². The summed E-state index contributed by atoms with van der Waals surface area (Å²) in [5.41, 5.74) is 2.52. The lowest BCUT2D eigenvalue weighted by atomic mass is 10.2. The first-order valence-electron chi connectivity index (χ1n) is 10.4. The van der Waals surface area contributed by atoms with Gasteiger partial charge in [0.05, 0.1) is 46.5 Å². The number of nitrogens with one attached hydrogen (secondary N) is 1. The van der Waals surface area contributed by atoms with Gasteiger partial charge in [-0.25, -0.2) is 13.4 Å². The molecule has 0 spiro atoms. The molecule has 0 unspecified atom stereocenters. The van der Waals surface area contributed by atoms with Crippen molar-refractivity contribution in [1.29, 1.82) is 5.26 Å². The number of sulfonamides is 1. The average molecular weight is 486 g/mol. The second-order valence-corrected chi connectivity index (χ2v) is 10.2. The molecule has 0 saturated carbocycles. The van der Waals surface area contributed by atoms with Gasteiger partial charge in [0.2, 0.25) is 15.9 Å². The molecular weight excluding hydrogens is 462 g/mol. The topological polar surface area (TPSA) is 117 Å². The summed E-state index contributed by atoms with van der Waals surface area (Å²) < 4.78 is 34.6. The fourth-order valence-corrected chi connectivity index (χ4v) is 5.86. The summed E-state index contributed by atoms with van der Waals surface area (Å²) in [6, 6.07) is 13.6. The van der Waals surface area contributed by atoms with Crippen molar-refractivity contribution in [3.63, 3.8) is 0 Å². The van der Waals surface area contributed by atoms with Gasteiger partial charge in [-0.3, -0.25) is 4.79 Å². The number of nitriles is 1. The lowest BCUT2D eigenvalue weighted by molar-refractivity contribution is -0.113. The molecule has 1 fully saturated rings. The third-order valence-corrected chi connectivity index (χ3v) is 8.11. The first-order chi connectivity index (χ1) is 15.9. The van der Waals surface area contributed by atoms with Gasteiger partial charge in [0.25, 0.3) is 0 Å². The molecule has 0 atom stereocenters. The Morgan fingerprint density at radius 2 is 1.94 bits per heavy atom. The minimum atomic E-state index is -3.62. The minimum Gasteiger partial charge on any atom is -0.379 e. The van der Waals surface area contributed by atoms with Crippen molar-refractivity contribution in [2.45, 2.75) is 23.5 Å². The largest absolute Gasteiger partial charge is 0.379 e. The van der Waals surface area contributed by atoms with Gasteiger partial charge in [0, 0.05) is 25.3 Å². The van der Waals surface area contributed by atoms with Crippen LogP contribution in [0, 0.1) is 11.3 Å². The highest BCUT2D eigenvalue weighted by atomic mass is 32.2. The summed E-state index contributed by atoms with van der Waals surface area (Å²) >= 11 is 1.28. The number of anilines is 1. The smallest absolute Gasteiger partial charge is 0.243 e. The van der Waals surface area contributed by atoms with Crippen molar-refractivity contribution in [2.24, 2.45) is 0 Å². The highest BCUT2D eigenvalue weighted by Crippen LogP contribution is 2.27. The number of fused-ring (bicyclic) bond motifs is 1. The molecule has 2 aromatic carbocycles. The number of hydrogen-bond donors (Lipinski definition) is 1. The van der Waals surface area contributed by atoms with Gasteiger partial charge in [0.15, 0.2) is 5.16 Å². The van der Waals surface area contributed by atoms with Crippen LogP contribution in [0.25, 0.3) is 11.0 Å². The van der Waals surface area contributed by atoms with Crippen LogP contribution in [-0.4, -0.2) is 60.2 Å². The molecular formula is C22H23N5O4S2. The molecule has 1 N–H and O–H groups in total. The van der Waals surface area contributed by atoms with E-state index in [9.17, 15) is 13.2 Å². The fraction of sp³-hybridized carbons (Fsp3) is 0.318. The van der Waals surface area contributed by atoms with Gasteiger partial charge in [0.1, 0.15) is 0 Å². The van der Waals surface area contributed by atoms with E-state index in [2.05, 4.69) is 10.3 Å². The third-order valence-electron chi connectivity index (χ3n) is 5.24. The summed E-state index contributed by atoms with van der Waals surface area (Å²) in [7, 11) is -3.62. The number of hydrogen-bond acceptors (Lipinski definition) is 7. The number of morpholine rings is 1. The first-order valence-corrected chi connectivity index (χ1v) is 12.9. The highest BCUT2D eigenvalue weighted by molar-refractivity contribution is 7.99. The zero-order chi connectivity index (χ0) is 23.4. The van der Waals surface area contributed by atoms with E-state index in [1.807, 2.05) is 17.6 Å². The summed E-state index contributed by atoms with van der Waals surface area (Å²) in [5, 5.41) is 12.3. The number of aromatic nitrogens is 2. The number of carbonyl (C=O) groups excluding carboxylic acids is 1. The number of carbonyl (C=O) groups is 1. The standard InChI is InChI=1S/C22H23N5O4S2/c1-2-27-20-8-7-18(33(29,30)26-9-11-31-12-10-26)13-19(20)25-22(27)32-15-21(28)24-17-5-3-16(14-23)4-6-17/h3-8,13H,2,9-12,15H2,1H3,(H,24,28). The molecule has 1 saturated heterocycles. The zero-order valence-corrected chi connectivity index (χ0v) is 19.7. The maximum absolute atomic E-state index is 13.0. The number of nitrogens with zero attached hydrogens (tertiary/aromatic N) is 4. The average Bonchev–Trinajstić information content (AvgIpc) is 3.20. The summed E-state index contributed by atoms with van der Waals surface area (Å²) in [6.07, 6.45) is 0. The number of aryl methyl sites for hydroxylation is 1. The number of amides is 1. The van der Waals surface area contributed by atoms with E-state index < -0.39 is 10.0 Å². The fourth-order valence-electron chi connectivity index (χ4n) is 3.56. The Kier molecular flexibility index (Phi) is 6.99.